The number of aromatic nitrogens is 3. The van der Waals surface area contributed by atoms with Crippen LogP contribution in [0, 0.1) is 6.92 Å². The monoisotopic (exact) mass is 315 g/mol. The van der Waals surface area contributed by atoms with Gasteiger partial charge in [-0.3, -0.25) is 0 Å². The highest BCUT2D eigenvalue weighted by Gasteiger charge is 2.21. The molecule has 0 amide bonds. The first-order chi connectivity index (χ1) is 11.2. The van der Waals surface area contributed by atoms with Crippen LogP contribution in [-0.2, 0) is 9.47 Å². The summed E-state index contributed by atoms with van der Waals surface area (Å²) >= 11 is 0. The van der Waals surface area contributed by atoms with Gasteiger partial charge >= 0.3 is 5.97 Å². The molecule has 1 fully saturated rings. The van der Waals surface area contributed by atoms with Crippen molar-refractivity contribution in [3.8, 4) is 11.4 Å². The smallest absolute Gasteiger partial charge is 0.356 e. The Morgan fingerprint density at radius 1 is 1.43 bits per heavy atom. The lowest BCUT2D eigenvalue weighted by atomic mass is 10.1. The van der Waals surface area contributed by atoms with Gasteiger partial charge in [0.1, 0.15) is 5.69 Å². The van der Waals surface area contributed by atoms with Crippen molar-refractivity contribution in [3.05, 3.63) is 35.7 Å². The van der Waals surface area contributed by atoms with Crippen molar-refractivity contribution >= 4 is 5.97 Å². The molecule has 0 radical (unpaired) electrons. The van der Waals surface area contributed by atoms with E-state index in [1.165, 1.54) is 0 Å². The predicted molar refractivity (Wildman–Crippen MR) is 85.0 cm³/mol. The molecule has 2 aromatic heterocycles. The Morgan fingerprint density at radius 2 is 2.30 bits per heavy atom. The van der Waals surface area contributed by atoms with Crippen LogP contribution >= 0.6 is 0 Å². The largest absolute Gasteiger partial charge is 0.461 e. The molecule has 1 saturated heterocycles. The number of hydrogen-bond acceptors (Lipinski definition) is 5. The van der Waals surface area contributed by atoms with Crippen molar-refractivity contribution in [3.63, 3.8) is 0 Å². The Bertz CT molecular complexity index is 690. The SMILES string of the molecule is CCOC(=O)c1cccc(-c2cc(C)nn2C2CCCCO2)n1. The first kappa shape index (κ1) is 15.7. The summed E-state index contributed by atoms with van der Waals surface area (Å²) < 4.78 is 12.7. The third kappa shape index (κ3) is 3.42. The molecule has 0 N–H and O–H groups in total. The third-order valence-electron chi connectivity index (χ3n) is 3.78. The summed E-state index contributed by atoms with van der Waals surface area (Å²) in [7, 11) is 0. The summed E-state index contributed by atoms with van der Waals surface area (Å²) in [5.41, 5.74) is 2.77. The number of hydrogen-bond donors (Lipinski definition) is 0. The summed E-state index contributed by atoms with van der Waals surface area (Å²) in [6.07, 6.45) is 3.08. The molecular formula is C17H21N3O3. The van der Waals surface area contributed by atoms with Crippen molar-refractivity contribution in [1.29, 1.82) is 0 Å². The van der Waals surface area contributed by atoms with Crippen molar-refractivity contribution in [2.24, 2.45) is 0 Å². The summed E-state index contributed by atoms with van der Waals surface area (Å²) in [5.74, 6) is -0.411. The number of ether oxygens (including phenoxy) is 2. The molecule has 1 unspecified atom stereocenters. The van der Waals surface area contributed by atoms with Crippen LogP contribution in [0.25, 0.3) is 11.4 Å². The minimum absolute atomic E-state index is 0.0690. The zero-order valence-corrected chi connectivity index (χ0v) is 13.5. The normalized spacial score (nSPS) is 17.9. The fourth-order valence-corrected chi connectivity index (χ4v) is 2.74. The molecule has 6 nitrogen and oxygen atoms in total. The molecule has 2 aromatic rings. The van der Waals surface area contributed by atoms with Crippen LogP contribution < -0.4 is 0 Å². The number of nitrogens with zero attached hydrogens (tertiary/aromatic N) is 3. The highest BCUT2D eigenvalue weighted by Crippen LogP contribution is 2.28. The van der Waals surface area contributed by atoms with Gasteiger partial charge in [0.2, 0.25) is 0 Å². The highest BCUT2D eigenvalue weighted by atomic mass is 16.5. The van der Waals surface area contributed by atoms with Crippen molar-refractivity contribution in [1.82, 2.24) is 14.8 Å². The molecule has 0 aliphatic carbocycles. The minimum atomic E-state index is -0.411. The average molecular weight is 315 g/mol. The maximum atomic E-state index is 11.9. The number of pyridine rings is 1. The van der Waals surface area contributed by atoms with Gasteiger partial charge in [-0.25, -0.2) is 14.5 Å². The van der Waals surface area contributed by atoms with E-state index in [-0.39, 0.29) is 6.23 Å². The number of esters is 1. The van der Waals surface area contributed by atoms with E-state index in [2.05, 4.69) is 10.1 Å². The lowest BCUT2D eigenvalue weighted by Crippen LogP contribution is -2.20. The molecule has 3 rings (SSSR count). The lowest BCUT2D eigenvalue weighted by molar-refractivity contribution is -0.0385. The number of rotatable bonds is 4. The van der Waals surface area contributed by atoms with Crippen LogP contribution in [0.4, 0.5) is 0 Å². The molecule has 1 aliphatic rings. The molecule has 1 atom stereocenters. The average Bonchev–Trinajstić information content (AvgIpc) is 2.98. The van der Waals surface area contributed by atoms with E-state index in [1.807, 2.05) is 29.8 Å². The van der Waals surface area contributed by atoms with Crippen molar-refractivity contribution in [2.75, 3.05) is 13.2 Å². The van der Waals surface area contributed by atoms with Gasteiger partial charge in [0, 0.05) is 6.61 Å². The third-order valence-corrected chi connectivity index (χ3v) is 3.78. The fraction of sp³-hybridized carbons (Fsp3) is 0.471. The van der Waals surface area contributed by atoms with Crippen LogP contribution in [0.5, 0.6) is 0 Å². The van der Waals surface area contributed by atoms with Crippen LogP contribution in [0.2, 0.25) is 0 Å². The van der Waals surface area contributed by atoms with Gasteiger partial charge in [-0.1, -0.05) is 6.07 Å². The summed E-state index contributed by atoms with van der Waals surface area (Å²) in [5, 5.41) is 4.56. The van der Waals surface area contributed by atoms with Gasteiger partial charge in [-0.05, 0) is 51.3 Å². The Morgan fingerprint density at radius 3 is 3.04 bits per heavy atom. The summed E-state index contributed by atoms with van der Waals surface area (Å²) in [6, 6.07) is 7.31. The Balaban J connectivity index is 1.95. The van der Waals surface area contributed by atoms with E-state index in [4.69, 9.17) is 9.47 Å². The Kier molecular flexibility index (Phi) is 4.71. The van der Waals surface area contributed by atoms with Gasteiger partial charge in [-0.2, -0.15) is 5.10 Å². The van der Waals surface area contributed by atoms with Gasteiger partial charge in [0.15, 0.2) is 6.23 Å². The maximum absolute atomic E-state index is 11.9. The topological polar surface area (TPSA) is 66.2 Å². The van der Waals surface area contributed by atoms with Gasteiger partial charge in [0.05, 0.1) is 23.7 Å². The predicted octanol–water partition coefficient (Wildman–Crippen LogP) is 3.13. The van der Waals surface area contributed by atoms with E-state index < -0.39 is 5.97 Å². The molecule has 0 saturated carbocycles. The lowest BCUT2D eigenvalue weighted by Gasteiger charge is -2.24. The highest BCUT2D eigenvalue weighted by molar-refractivity contribution is 5.87. The van der Waals surface area contributed by atoms with Crippen LogP contribution in [0.15, 0.2) is 24.3 Å². The number of aryl methyl sites for hydroxylation is 1. The second-order valence-electron chi connectivity index (χ2n) is 5.57. The van der Waals surface area contributed by atoms with Crippen LogP contribution in [0.3, 0.4) is 0 Å². The number of carbonyl (C=O) groups is 1. The summed E-state index contributed by atoms with van der Waals surface area (Å²) in [6.45, 7) is 4.80. The second kappa shape index (κ2) is 6.91. The first-order valence-corrected chi connectivity index (χ1v) is 8.01. The number of carbonyl (C=O) groups excluding carboxylic acids is 1. The molecule has 122 valence electrons. The molecule has 0 aromatic carbocycles. The zero-order chi connectivity index (χ0) is 16.2. The van der Waals surface area contributed by atoms with Gasteiger partial charge in [-0.15, -0.1) is 0 Å². The summed E-state index contributed by atoms with van der Waals surface area (Å²) in [4.78, 5) is 16.3. The Hall–Kier alpha value is -2.21. The van der Waals surface area contributed by atoms with E-state index in [9.17, 15) is 4.79 Å². The first-order valence-electron chi connectivity index (χ1n) is 8.01. The van der Waals surface area contributed by atoms with E-state index in [1.54, 1.807) is 13.0 Å². The second-order valence-corrected chi connectivity index (χ2v) is 5.57. The quantitative estimate of drug-likeness (QED) is 0.811. The van der Waals surface area contributed by atoms with E-state index in [0.29, 0.717) is 18.0 Å². The molecule has 3 heterocycles. The molecule has 0 bridgehead atoms. The minimum Gasteiger partial charge on any atom is -0.461 e. The van der Waals surface area contributed by atoms with E-state index in [0.717, 1.165) is 37.3 Å². The van der Waals surface area contributed by atoms with Crippen molar-refractivity contribution in [2.45, 2.75) is 39.3 Å². The van der Waals surface area contributed by atoms with Crippen LogP contribution in [0.1, 0.15) is 48.6 Å². The molecular weight excluding hydrogens is 294 g/mol. The van der Waals surface area contributed by atoms with Gasteiger partial charge < -0.3 is 9.47 Å². The zero-order valence-electron chi connectivity index (χ0n) is 13.5. The van der Waals surface area contributed by atoms with E-state index >= 15 is 0 Å². The Labute approximate surface area is 135 Å². The standard InChI is InChI=1S/C17H21N3O3/c1-3-22-17(21)14-8-6-7-13(18-14)15-11-12(2)19-20(15)16-9-4-5-10-23-16/h6-8,11,16H,3-5,9-10H2,1-2H3. The molecule has 23 heavy (non-hydrogen) atoms. The maximum Gasteiger partial charge on any atom is 0.356 e. The molecule has 1 aliphatic heterocycles. The fourth-order valence-electron chi connectivity index (χ4n) is 2.74. The van der Waals surface area contributed by atoms with Crippen LogP contribution in [-0.4, -0.2) is 33.9 Å². The van der Waals surface area contributed by atoms with Crippen molar-refractivity contribution < 1.29 is 14.3 Å². The van der Waals surface area contributed by atoms with Gasteiger partial charge in [0.25, 0.3) is 0 Å². The molecule has 6 heteroatoms. The molecule has 0 spiro atoms.